The Morgan fingerprint density at radius 1 is 1.10 bits per heavy atom. The van der Waals surface area contributed by atoms with E-state index in [9.17, 15) is 0 Å². The normalized spacial score (nSPS) is 15.6. The Morgan fingerprint density at radius 3 is 2.52 bits per heavy atom. The minimum atomic E-state index is 0.217. The molecule has 0 radical (unpaired) electrons. The van der Waals surface area contributed by atoms with E-state index in [1.807, 2.05) is 18.2 Å². The van der Waals surface area contributed by atoms with Gasteiger partial charge in [-0.25, -0.2) is 0 Å². The van der Waals surface area contributed by atoms with Gasteiger partial charge in [-0.1, -0.05) is 65.8 Å². The molecule has 1 atom stereocenters. The lowest BCUT2D eigenvalue weighted by Crippen LogP contribution is -2.27. The Kier molecular flexibility index (Phi) is 4.84. The van der Waals surface area contributed by atoms with Gasteiger partial charge in [0, 0.05) is 10.8 Å². The Bertz CT molecular complexity index is 610. The molecule has 0 aromatic heterocycles. The molecule has 21 heavy (non-hydrogen) atoms. The molecule has 2 nitrogen and oxygen atoms in total. The molecule has 1 heterocycles. The van der Waals surface area contributed by atoms with E-state index in [1.165, 1.54) is 11.1 Å². The number of benzene rings is 2. The minimum Gasteiger partial charge on any atom is -0.358 e. The first-order valence-electron chi connectivity index (χ1n) is 7.04. The number of halogens is 1. The third kappa shape index (κ3) is 4.02. The van der Waals surface area contributed by atoms with E-state index in [4.69, 9.17) is 11.6 Å². The minimum absolute atomic E-state index is 0.217. The van der Waals surface area contributed by atoms with Gasteiger partial charge in [0.2, 0.25) is 0 Å². The van der Waals surface area contributed by atoms with Crippen molar-refractivity contribution in [1.29, 1.82) is 0 Å². The summed E-state index contributed by atoms with van der Waals surface area (Å²) in [6.07, 6.45) is 0.933. The van der Waals surface area contributed by atoms with Crippen LogP contribution in [0.2, 0.25) is 5.02 Å². The highest BCUT2D eigenvalue weighted by Crippen LogP contribution is 2.23. The van der Waals surface area contributed by atoms with Crippen molar-refractivity contribution in [2.24, 2.45) is 4.99 Å². The van der Waals surface area contributed by atoms with Crippen LogP contribution in [-0.4, -0.2) is 17.5 Å². The Morgan fingerprint density at radius 2 is 1.86 bits per heavy atom. The number of amidine groups is 1. The topological polar surface area (TPSA) is 24.4 Å². The molecule has 1 aliphatic heterocycles. The number of hydrogen-bond acceptors (Lipinski definition) is 3. The van der Waals surface area contributed by atoms with Crippen molar-refractivity contribution >= 4 is 28.5 Å². The fourth-order valence-electron chi connectivity index (χ4n) is 2.37. The third-order valence-electron chi connectivity index (χ3n) is 3.44. The molecule has 1 N–H and O–H groups in total. The van der Waals surface area contributed by atoms with Crippen LogP contribution < -0.4 is 5.32 Å². The van der Waals surface area contributed by atoms with Gasteiger partial charge in [-0.3, -0.25) is 4.99 Å². The van der Waals surface area contributed by atoms with Gasteiger partial charge in [-0.05, 0) is 29.7 Å². The summed E-state index contributed by atoms with van der Waals surface area (Å²) in [6.45, 7) is 0.908. The molecule has 3 rings (SSSR count). The second kappa shape index (κ2) is 7.01. The van der Waals surface area contributed by atoms with Crippen LogP contribution in [0.25, 0.3) is 0 Å². The van der Waals surface area contributed by atoms with Gasteiger partial charge in [0.15, 0.2) is 5.17 Å². The molecule has 4 heteroatoms. The lowest BCUT2D eigenvalue weighted by molar-refractivity contribution is 0.648. The van der Waals surface area contributed by atoms with Crippen molar-refractivity contribution in [1.82, 2.24) is 5.32 Å². The van der Waals surface area contributed by atoms with E-state index < -0.39 is 0 Å². The number of thioether (sulfide) groups is 1. The van der Waals surface area contributed by atoms with Crippen LogP contribution in [0.15, 0.2) is 59.6 Å². The van der Waals surface area contributed by atoms with E-state index in [1.54, 1.807) is 11.8 Å². The SMILES string of the molecule is Clc1ccc(C(Cc2ccccc2)NC2=NCCS2)cc1. The maximum atomic E-state index is 6.00. The maximum absolute atomic E-state index is 6.00. The Labute approximate surface area is 134 Å². The van der Waals surface area contributed by atoms with E-state index in [0.717, 1.165) is 28.9 Å². The molecule has 0 bridgehead atoms. The first-order chi connectivity index (χ1) is 10.3. The van der Waals surface area contributed by atoms with Crippen molar-refractivity contribution < 1.29 is 0 Å². The lowest BCUT2D eigenvalue weighted by Gasteiger charge is -2.20. The zero-order chi connectivity index (χ0) is 14.5. The second-order valence-corrected chi connectivity index (χ2v) is 6.49. The quantitative estimate of drug-likeness (QED) is 0.908. The van der Waals surface area contributed by atoms with Crippen molar-refractivity contribution in [3.8, 4) is 0 Å². The fourth-order valence-corrected chi connectivity index (χ4v) is 3.28. The zero-order valence-corrected chi connectivity index (χ0v) is 13.2. The molecule has 0 saturated heterocycles. The van der Waals surface area contributed by atoms with E-state index in [2.05, 4.69) is 46.7 Å². The molecule has 1 unspecified atom stereocenters. The monoisotopic (exact) mass is 316 g/mol. The van der Waals surface area contributed by atoms with Crippen molar-refractivity contribution in [3.63, 3.8) is 0 Å². The summed E-state index contributed by atoms with van der Waals surface area (Å²) >= 11 is 7.79. The molecule has 0 aliphatic carbocycles. The summed E-state index contributed by atoms with van der Waals surface area (Å²) in [5, 5.41) is 5.39. The lowest BCUT2D eigenvalue weighted by atomic mass is 9.99. The highest BCUT2D eigenvalue weighted by atomic mass is 35.5. The molecule has 0 spiro atoms. The van der Waals surface area contributed by atoms with Crippen LogP contribution in [0.1, 0.15) is 17.2 Å². The Balaban J connectivity index is 1.81. The zero-order valence-electron chi connectivity index (χ0n) is 11.6. The average molecular weight is 317 g/mol. The summed E-state index contributed by atoms with van der Waals surface area (Å²) in [5.41, 5.74) is 2.55. The van der Waals surface area contributed by atoms with Gasteiger partial charge in [0.1, 0.15) is 0 Å². The predicted octanol–water partition coefficient (Wildman–Crippen LogP) is 4.32. The van der Waals surface area contributed by atoms with Gasteiger partial charge < -0.3 is 5.32 Å². The molecule has 2 aromatic carbocycles. The molecule has 108 valence electrons. The summed E-state index contributed by atoms with van der Waals surface area (Å²) < 4.78 is 0. The highest BCUT2D eigenvalue weighted by molar-refractivity contribution is 8.14. The number of rotatable bonds is 4. The highest BCUT2D eigenvalue weighted by Gasteiger charge is 2.16. The van der Waals surface area contributed by atoms with Crippen LogP contribution >= 0.6 is 23.4 Å². The molecule has 2 aromatic rings. The number of hydrogen-bond donors (Lipinski definition) is 1. The Hall–Kier alpha value is -1.45. The molecular formula is C17H17ClN2S. The van der Waals surface area contributed by atoms with E-state index in [0.29, 0.717) is 0 Å². The maximum Gasteiger partial charge on any atom is 0.157 e. The van der Waals surface area contributed by atoms with Crippen molar-refractivity contribution in [2.75, 3.05) is 12.3 Å². The number of nitrogens with one attached hydrogen (secondary N) is 1. The standard InChI is InChI=1S/C17H17ClN2S/c18-15-8-6-14(7-9-15)16(20-17-19-10-11-21-17)12-13-4-2-1-3-5-13/h1-9,16H,10-12H2,(H,19,20). The molecule has 0 saturated carbocycles. The van der Waals surface area contributed by atoms with Gasteiger partial charge in [0.25, 0.3) is 0 Å². The van der Waals surface area contributed by atoms with E-state index in [-0.39, 0.29) is 6.04 Å². The summed E-state index contributed by atoms with van der Waals surface area (Å²) in [7, 11) is 0. The largest absolute Gasteiger partial charge is 0.358 e. The van der Waals surface area contributed by atoms with Crippen LogP contribution in [0.5, 0.6) is 0 Å². The van der Waals surface area contributed by atoms with Gasteiger partial charge in [0.05, 0.1) is 12.6 Å². The number of aliphatic imine (C=N–C) groups is 1. The molecule has 0 fully saturated rings. The van der Waals surface area contributed by atoms with Gasteiger partial charge in [-0.15, -0.1) is 0 Å². The summed E-state index contributed by atoms with van der Waals surface area (Å²) in [4.78, 5) is 4.50. The first-order valence-corrected chi connectivity index (χ1v) is 8.41. The summed E-state index contributed by atoms with van der Waals surface area (Å²) in [6, 6.07) is 18.8. The molecular weight excluding hydrogens is 300 g/mol. The number of nitrogens with zero attached hydrogens (tertiary/aromatic N) is 1. The van der Waals surface area contributed by atoms with Crippen molar-refractivity contribution in [3.05, 3.63) is 70.7 Å². The fraction of sp³-hybridized carbons (Fsp3) is 0.235. The van der Waals surface area contributed by atoms with E-state index >= 15 is 0 Å². The summed E-state index contributed by atoms with van der Waals surface area (Å²) in [5.74, 6) is 1.07. The van der Waals surface area contributed by atoms with Gasteiger partial charge >= 0.3 is 0 Å². The average Bonchev–Trinajstić information content (AvgIpc) is 3.01. The molecule has 1 aliphatic rings. The van der Waals surface area contributed by atoms with Crippen LogP contribution in [0.4, 0.5) is 0 Å². The second-order valence-electron chi connectivity index (χ2n) is 4.97. The molecule has 0 amide bonds. The first kappa shape index (κ1) is 14.5. The smallest absolute Gasteiger partial charge is 0.157 e. The van der Waals surface area contributed by atoms with Crippen molar-refractivity contribution in [2.45, 2.75) is 12.5 Å². The van der Waals surface area contributed by atoms with Crippen LogP contribution in [-0.2, 0) is 6.42 Å². The van der Waals surface area contributed by atoms with Crippen LogP contribution in [0, 0.1) is 0 Å². The third-order valence-corrected chi connectivity index (χ3v) is 4.60. The van der Waals surface area contributed by atoms with Crippen LogP contribution in [0.3, 0.4) is 0 Å². The van der Waals surface area contributed by atoms with Gasteiger partial charge in [-0.2, -0.15) is 0 Å². The predicted molar refractivity (Wildman–Crippen MR) is 92.2 cm³/mol.